The van der Waals surface area contributed by atoms with E-state index in [1.165, 1.54) is 6.54 Å². The van der Waals surface area contributed by atoms with Crippen LogP contribution in [-0.2, 0) is 0 Å². The van der Waals surface area contributed by atoms with Crippen molar-refractivity contribution in [3.8, 4) is 0 Å². The molecule has 2 heteroatoms. The van der Waals surface area contributed by atoms with Gasteiger partial charge in [0.15, 0.2) is 0 Å². The SMILES string of the molecule is [CH2]CC1CNCCN1C. The molecule has 1 rings (SSSR count). The standard InChI is InChI=1S/C7H15N2/c1-3-7-6-8-4-5-9(7)2/h7-8H,1,3-6H2,2H3. The van der Waals surface area contributed by atoms with Crippen LogP contribution in [0.15, 0.2) is 0 Å². The summed E-state index contributed by atoms with van der Waals surface area (Å²) in [5.41, 5.74) is 0. The summed E-state index contributed by atoms with van der Waals surface area (Å²) in [4.78, 5) is 2.36. The average Bonchev–Trinajstić information content (AvgIpc) is 1.89. The third kappa shape index (κ3) is 1.66. The van der Waals surface area contributed by atoms with Crippen LogP contribution in [0.25, 0.3) is 0 Å². The molecule has 0 aromatic heterocycles. The molecule has 0 aromatic rings. The summed E-state index contributed by atoms with van der Waals surface area (Å²) < 4.78 is 0. The molecule has 1 aliphatic heterocycles. The fourth-order valence-electron chi connectivity index (χ4n) is 1.18. The Hall–Kier alpha value is -0.0800. The average molecular weight is 127 g/mol. The minimum Gasteiger partial charge on any atom is -0.314 e. The van der Waals surface area contributed by atoms with Gasteiger partial charge < -0.3 is 10.2 Å². The molecular formula is C7H15N2. The minimum atomic E-state index is 0.666. The van der Waals surface area contributed by atoms with E-state index in [1.807, 2.05) is 0 Å². The second-order valence-corrected chi connectivity index (χ2v) is 2.63. The van der Waals surface area contributed by atoms with Gasteiger partial charge in [0.25, 0.3) is 0 Å². The van der Waals surface area contributed by atoms with E-state index in [1.54, 1.807) is 0 Å². The maximum Gasteiger partial charge on any atom is 0.0218 e. The first-order valence-electron chi connectivity index (χ1n) is 3.55. The van der Waals surface area contributed by atoms with Crippen LogP contribution in [0.5, 0.6) is 0 Å². The largest absolute Gasteiger partial charge is 0.314 e. The van der Waals surface area contributed by atoms with Crippen LogP contribution in [0.3, 0.4) is 0 Å². The zero-order chi connectivity index (χ0) is 6.69. The number of likely N-dealkylation sites (N-methyl/N-ethyl adjacent to an activating group) is 1. The van der Waals surface area contributed by atoms with E-state index in [2.05, 4.69) is 24.2 Å². The first-order chi connectivity index (χ1) is 4.34. The van der Waals surface area contributed by atoms with E-state index in [9.17, 15) is 0 Å². The molecule has 0 spiro atoms. The Morgan fingerprint density at radius 2 is 2.56 bits per heavy atom. The molecule has 9 heavy (non-hydrogen) atoms. The monoisotopic (exact) mass is 127 g/mol. The van der Waals surface area contributed by atoms with Crippen molar-refractivity contribution in [2.24, 2.45) is 0 Å². The molecule has 1 saturated heterocycles. The van der Waals surface area contributed by atoms with Crippen LogP contribution in [0.1, 0.15) is 6.42 Å². The van der Waals surface area contributed by atoms with E-state index >= 15 is 0 Å². The lowest BCUT2D eigenvalue weighted by molar-refractivity contribution is 0.201. The van der Waals surface area contributed by atoms with Crippen molar-refractivity contribution in [1.82, 2.24) is 10.2 Å². The molecule has 0 amide bonds. The fourth-order valence-corrected chi connectivity index (χ4v) is 1.18. The maximum atomic E-state index is 3.88. The highest BCUT2D eigenvalue weighted by atomic mass is 15.2. The van der Waals surface area contributed by atoms with E-state index in [-0.39, 0.29) is 0 Å². The Morgan fingerprint density at radius 1 is 1.78 bits per heavy atom. The Kier molecular flexibility index (Phi) is 2.49. The summed E-state index contributed by atoms with van der Waals surface area (Å²) in [6, 6.07) is 0.666. The van der Waals surface area contributed by atoms with Crippen LogP contribution >= 0.6 is 0 Å². The topological polar surface area (TPSA) is 15.3 Å². The van der Waals surface area contributed by atoms with Gasteiger partial charge in [0.05, 0.1) is 0 Å². The quantitative estimate of drug-likeness (QED) is 0.538. The lowest BCUT2D eigenvalue weighted by Crippen LogP contribution is -2.48. The van der Waals surface area contributed by atoms with Crippen LogP contribution in [-0.4, -0.2) is 37.6 Å². The van der Waals surface area contributed by atoms with Crippen molar-refractivity contribution in [3.63, 3.8) is 0 Å². The molecule has 1 fully saturated rings. The summed E-state index contributed by atoms with van der Waals surface area (Å²) in [6.07, 6.45) is 1.02. The normalized spacial score (nSPS) is 30.7. The van der Waals surface area contributed by atoms with Crippen LogP contribution in [0.2, 0.25) is 0 Å². The van der Waals surface area contributed by atoms with Gasteiger partial charge in [-0.25, -0.2) is 0 Å². The van der Waals surface area contributed by atoms with E-state index in [0.29, 0.717) is 6.04 Å². The highest BCUT2D eigenvalue weighted by Gasteiger charge is 2.15. The predicted octanol–water partition coefficient (Wildman–Crippen LogP) is 0.114. The van der Waals surface area contributed by atoms with Crippen molar-refractivity contribution in [2.45, 2.75) is 12.5 Å². The summed E-state index contributed by atoms with van der Waals surface area (Å²) in [5, 5.41) is 3.33. The molecule has 1 N–H and O–H groups in total. The van der Waals surface area contributed by atoms with Crippen LogP contribution in [0.4, 0.5) is 0 Å². The molecule has 1 radical (unpaired) electrons. The van der Waals surface area contributed by atoms with Crippen molar-refractivity contribution < 1.29 is 0 Å². The summed E-state index contributed by atoms with van der Waals surface area (Å²) >= 11 is 0. The Balaban J connectivity index is 2.30. The Bertz CT molecular complexity index is 83.0. The number of nitrogens with zero attached hydrogens (tertiary/aromatic N) is 1. The van der Waals surface area contributed by atoms with Gasteiger partial charge in [-0.15, -0.1) is 0 Å². The highest BCUT2D eigenvalue weighted by Crippen LogP contribution is 2.01. The number of rotatable bonds is 1. The van der Waals surface area contributed by atoms with Crippen molar-refractivity contribution in [3.05, 3.63) is 6.92 Å². The summed E-state index contributed by atoms with van der Waals surface area (Å²) in [7, 11) is 2.16. The first-order valence-corrected chi connectivity index (χ1v) is 3.55. The third-order valence-electron chi connectivity index (χ3n) is 1.98. The van der Waals surface area contributed by atoms with Crippen molar-refractivity contribution in [1.29, 1.82) is 0 Å². The molecule has 1 unspecified atom stereocenters. The molecule has 0 bridgehead atoms. The van der Waals surface area contributed by atoms with Gasteiger partial charge in [-0.3, -0.25) is 0 Å². The third-order valence-corrected chi connectivity index (χ3v) is 1.98. The molecule has 1 aliphatic rings. The number of nitrogens with one attached hydrogen (secondary N) is 1. The van der Waals surface area contributed by atoms with Crippen LogP contribution in [0, 0.1) is 6.92 Å². The second-order valence-electron chi connectivity index (χ2n) is 2.63. The second kappa shape index (κ2) is 3.18. The van der Waals surface area contributed by atoms with Crippen LogP contribution < -0.4 is 5.32 Å². The van der Waals surface area contributed by atoms with Crippen molar-refractivity contribution >= 4 is 0 Å². The summed E-state index contributed by atoms with van der Waals surface area (Å²) in [6.45, 7) is 7.29. The zero-order valence-corrected chi connectivity index (χ0v) is 6.06. The lowest BCUT2D eigenvalue weighted by Gasteiger charge is -2.32. The van der Waals surface area contributed by atoms with Gasteiger partial charge >= 0.3 is 0 Å². The van der Waals surface area contributed by atoms with E-state index in [0.717, 1.165) is 19.5 Å². The van der Waals surface area contributed by atoms with E-state index in [4.69, 9.17) is 0 Å². The van der Waals surface area contributed by atoms with Crippen molar-refractivity contribution in [2.75, 3.05) is 26.7 Å². The van der Waals surface area contributed by atoms with Gasteiger partial charge in [-0.1, -0.05) is 6.92 Å². The zero-order valence-electron chi connectivity index (χ0n) is 6.06. The molecule has 0 aromatic carbocycles. The van der Waals surface area contributed by atoms with Gasteiger partial charge in [0.2, 0.25) is 0 Å². The smallest absolute Gasteiger partial charge is 0.0218 e. The lowest BCUT2D eigenvalue weighted by atomic mass is 10.1. The Labute approximate surface area is 57.2 Å². The molecule has 0 aliphatic carbocycles. The van der Waals surface area contributed by atoms with E-state index < -0.39 is 0 Å². The number of piperazine rings is 1. The molecule has 0 saturated carbocycles. The molecule has 1 atom stereocenters. The van der Waals surface area contributed by atoms with Gasteiger partial charge in [0, 0.05) is 25.7 Å². The van der Waals surface area contributed by atoms with Gasteiger partial charge in [-0.05, 0) is 13.5 Å². The molecule has 1 heterocycles. The molecular weight excluding hydrogens is 112 g/mol. The molecule has 2 nitrogen and oxygen atoms in total. The predicted molar refractivity (Wildman–Crippen MR) is 39.3 cm³/mol. The maximum absolute atomic E-state index is 3.88. The Morgan fingerprint density at radius 3 is 3.00 bits per heavy atom. The number of hydrogen-bond acceptors (Lipinski definition) is 2. The van der Waals surface area contributed by atoms with Gasteiger partial charge in [0.1, 0.15) is 0 Å². The number of hydrogen-bond donors (Lipinski definition) is 1. The minimum absolute atomic E-state index is 0.666. The first kappa shape index (κ1) is 7.03. The van der Waals surface area contributed by atoms with Gasteiger partial charge in [-0.2, -0.15) is 0 Å². The highest BCUT2D eigenvalue weighted by molar-refractivity contribution is 4.77. The fraction of sp³-hybridized carbons (Fsp3) is 0.857. The molecule has 53 valence electrons. The summed E-state index contributed by atoms with van der Waals surface area (Å²) in [5.74, 6) is 0.